The van der Waals surface area contributed by atoms with Gasteiger partial charge < -0.3 is 15.0 Å². The number of nitrogens with zero attached hydrogens (tertiary/aromatic N) is 4. The Hall–Kier alpha value is -3.50. The molecule has 1 saturated heterocycles. The lowest BCUT2D eigenvalue weighted by atomic mass is 10.0. The van der Waals surface area contributed by atoms with Crippen molar-refractivity contribution in [2.24, 2.45) is 4.99 Å². The number of hydrogen-bond donors (Lipinski definition) is 2. The van der Waals surface area contributed by atoms with Crippen molar-refractivity contribution in [3.63, 3.8) is 0 Å². The van der Waals surface area contributed by atoms with Gasteiger partial charge in [0.05, 0.1) is 21.9 Å². The molecule has 0 aliphatic carbocycles. The van der Waals surface area contributed by atoms with Crippen LogP contribution in [0.3, 0.4) is 0 Å². The van der Waals surface area contributed by atoms with Crippen LogP contribution in [0.2, 0.25) is 0 Å². The average Bonchev–Trinajstić information content (AvgIpc) is 3.31. The molecule has 216 valence electrons. The molecule has 5 rings (SSSR count). The molecule has 0 spiro atoms. The summed E-state index contributed by atoms with van der Waals surface area (Å²) in [7, 11) is 0.0763. The maximum Gasteiger partial charge on any atom is 0.242 e. The van der Waals surface area contributed by atoms with Crippen LogP contribution in [0.5, 0.6) is 5.88 Å². The van der Waals surface area contributed by atoms with Gasteiger partial charge in [0, 0.05) is 62.8 Å². The van der Waals surface area contributed by atoms with Gasteiger partial charge in [-0.25, -0.2) is 17.7 Å². The number of H-pyrrole nitrogens is 1. The van der Waals surface area contributed by atoms with Crippen molar-refractivity contribution >= 4 is 32.3 Å². The molecule has 1 aromatic heterocycles. The number of benzene rings is 3. The topological polar surface area (TPSA) is 92.2 Å². The molecular weight excluding hydrogens is 534 g/mol. The van der Waals surface area contributed by atoms with Gasteiger partial charge in [0.25, 0.3) is 0 Å². The third-order valence-electron chi connectivity index (χ3n) is 7.75. The van der Waals surface area contributed by atoms with Gasteiger partial charge in [-0.15, -0.1) is 0 Å². The van der Waals surface area contributed by atoms with Crippen molar-refractivity contribution in [1.82, 2.24) is 19.1 Å². The monoisotopic (exact) mass is 573 g/mol. The predicted molar refractivity (Wildman–Crippen MR) is 166 cm³/mol. The Morgan fingerprint density at radius 3 is 2.39 bits per heavy atom. The summed E-state index contributed by atoms with van der Waals surface area (Å²) in [5, 5.41) is 11.7. The largest absolute Gasteiger partial charge is 0.494 e. The van der Waals surface area contributed by atoms with Crippen LogP contribution in [-0.2, 0) is 16.6 Å². The number of unbranched alkanes of at least 4 members (excludes halogenated alkanes) is 1. The zero-order chi connectivity index (χ0) is 29.0. The van der Waals surface area contributed by atoms with E-state index in [4.69, 9.17) is 4.99 Å². The van der Waals surface area contributed by atoms with E-state index in [1.165, 1.54) is 9.87 Å². The van der Waals surface area contributed by atoms with Crippen LogP contribution < -0.4 is 0 Å². The molecule has 0 bridgehead atoms. The standard InChI is InChI=1S/C32H39N5O3S/c1-4-5-17-36(3)41(39,40)27-15-16-29-28(22-27)30(32(38)34-29)31(25-9-7-6-8-10-25)33-26-13-11-24(12-14-26)23-37-20-18-35(2)19-21-37/h6-16,22,34,38H,4-5,17-21,23H2,1-3H3. The zero-order valence-corrected chi connectivity index (χ0v) is 24.9. The lowest BCUT2D eigenvalue weighted by Gasteiger charge is -2.32. The van der Waals surface area contributed by atoms with Crippen LogP contribution in [0.1, 0.15) is 36.5 Å². The van der Waals surface area contributed by atoms with Gasteiger partial charge in [0.1, 0.15) is 0 Å². The molecule has 2 N–H and O–H groups in total. The number of aromatic nitrogens is 1. The first-order chi connectivity index (χ1) is 19.8. The molecular formula is C32H39N5O3S. The molecule has 3 aromatic carbocycles. The summed E-state index contributed by atoms with van der Waals surface area (Å²) in [6.07, 6.45) is 1.69. The lowest BCUT2D eigenvalue weighted by molar-refractivity contribution is 0.148. The highest BCUT2D eigenvalue weighted by Gasteiger charge is 2.24. The quantitative estimate of drug-likeness (QED) is 0.254. The normalized spacial score (nSPS) is 15.7. The second-order valence-electron chi connectivity index (χ2n) is 10.8. The summed E-state index contributed by atoms with van der Waals surface area (Å²) in [5.74, 6) is -0.0526. The van der Waals surface area contributed by atoms with Gasteiger partial charge in [-0.1, -0.05) is 55.8 Å². The van der Waals surface area contributed by atoms with Gasteiger partial charge in [-0.2, -0.15) is 0 Å². The van der Waals surface area contributed by atoms with Crippen molar-refractivity contribution in [3.8, 4) is 5.88 Å². The van der Waals surface area contributed by atoms with Crippen LogP contribution in [-0.4, -0.2) is 85.1 Å². The van der Waals surface area contributed by atoms with Crippen LogP contribution in [0, 0.1) is 0 Å². The van der Waals surface area contributed by atoms with E-state index in [1.54, 1.807) is 25.2 Å². The summed E-state index contributed by atoms with van der Waals surface area (Å²) in [5.41, 5.74) is 4.47. The van der Waals surface area contributed by atoms with Crippen molar-refractivity contribution in [1.29, 1.82) is 0 Å². The minimum atomic E-state index is -3.69. The Labute approximate surface area is 243 Å². The minimum absolute atomic E-state index is 0.0526. The second-order valence-corrected chi connectivity index (χ2v) is 12.9. The van der Waals surface area contributed by atoms with Crippen molar-refractivity contribution in [2.45, 2.75) is 31.2 Å². The smallest absolute Gasteiger partial charge is 0.242 e. The number of rotatable bonds is 10. The van der Waals surface area contributed by atoms with E-state index in [0.717, 1.165) is 56.8 Å². The average molecular weight is 574 g/mol. The van der Waals surface area contributed by atoms with Crippen molar-refractivity contribution in [3.05, 3.63) is 89.5 Å². The molecule has 0 unspecified atom stereocenters. The fraction of sp³-hybridized carbons (Fsp3) is 0.344. The summed E-state index contributed by atoms with van der Waals surface area (Å²) in [6.45, 7) is 7.65. The molecule has 1 aliphatic heterocycles. The SMILES string of the molecule is CCCCN(C)S(=O)(=O)c1ccc2[nH]c(O)c(C(=Nc3ccc(CN4CCN(C)CC4)cc3)c3ccccc3)c2c1. The van der Waals surface area contributed by atoms with Crippen LogP contribution in [0.15, 0.2) is 82.7 Å². The Bertz CT molecular complexity index is 1610. The van der Waals surface area contributed by atoms with Crippen LogP contribution >= 0.6 is 0 Å². The number of hydrogen-bond acceptors (Lipinski definition) is 6. The fourth-order valence-electron chi connectivity index (χ4n) is 5.17. The number of aromatic hydroxyl groups is 1. The van der Waals surface area contributed by atoms with E-state index in [1.807, 2.05) is 49.4 Å². The van der Waals surface area contributed by atoms with E-state index >= 15 is 0 Å². The van der Waals surface area contributed by atoms with Crippen LogP contribution in [0.4, 0.5) is 5.69 Å². The Morgan fingerprint density at radius 1 is 1.00 bits per heavy atom. The highest BCUT2D eigenvalue weighted by Crippen LogP contribution is 2.33. The summed E-state index contributed by atoms with van der Waals surface area (Å²) >= 11 is 0. The molecule has 0 atom stereocenters. The maximum atomic E-state index is 13.3. The highest BCUT2D eigenvalue weighted by molar-refractivity contribution is 7.89. The number of aromatic amines is 1. The van der Waals surface area contributed by atoms with Gasteiger partial charge >= 0.3 is 0 Å². The number of sulfonamides is 1. The number of likely N-dealkylation sites (N-methyl/N-ethyl adjacent to an activating group) is 1. The molecule has 1 aliphatic rings. The van der Waals surface area contributed by atoms with E-state index in [-0.39, 0.29) is 10.8 Å². The fourth-order valence-corrected chi connectivity index (χ4v) is 6.40. The van der Waals surface area contributed by atoms with Gasteiger partial charge in [0.15, 0.2) is 5.88 Å². The van der Waals surface area contributed by atoms with Gasteiger partial charge in [-0.3, -0.25) is 4.90 Å². The molecule has 9 heteroatoms. The minimum Gasteiger partial charge on any atom is -0.494 e. The first-order valence-corrected chi connectivity index (χ1v) is 15.7. The molecule has 1 fully saturated rings. The van der Waals surface area contributed by atoms with Crippen molar-refractivity contribution < 1.29 is 13.5 Å². The number of fused-ring (bicyclic) bond motifs is 1. The van der Waals surface area contributed by atoms with Gasteiger partial charge in [0.2, 0.25) is 10.0 Å². The molecule has 0 radical (unpaired) electrons. The molecule has 2 heterocycles. The van der Waals surface area contributed by atoms with Crippen molar-refractivity contribution in [2.75, 3.05) is 46.8 Å². The Kier molecular flexibility index (Phi) is 8.89. The molecule has 8 nitrogen and oxygen atoms in total. The van der Waals surface area contributed by atoms with E-state index in [2.05, 4.69) is 34.0 Å². The molecule has 4 aromatic rings. The van der Waals surface area contributed by atoms with E-state index < -0.39 is 10.0 Å². The Morgan fingerprint density at radius 2 is 1.71 bits per heavy atom. The summed E-state index contributed by atoms with van der Waals surface area (Å²) in [4.78, 5) is 13.0. The zero-order valence-electron chi connectivity index (χ0n) is 24.0. The first kappa shape index (κ1) is 29.0. The lowest BCUT2D eigenvalue weighted by Crippen LogP contribution is -2.43. The second kappa shape index (κ2) is 12.6. The predicted octanol–water partition coefficient (Wildman–Crippen LogP) is 5.21. The van der Waals surface area contributed by atoms with Gasteiger partial charge in [-0.05, 0) is 49.4 Å². The number of piperazine rings is 1. The highest BCUT2D eigenvalue weighted by atomic mass is 32.2. The molecule has 0 saturated carbocycles. The molecule has 41 heavy (non-hydrogen) atoms. The summed E-state index contributed by atoms with van der Waals surface area (Å²) in [6, 6.07) is 22.8. The third kappa shape index (κ3) is 6.54. The Balaban J connectivity index is 1.53. The molecule has 0 amide bonds. The maximum absolute atomic E-state index is 13.3. The number of nitrogens with one attached hydrogen (secondary N) is 1. The number of aliphatic imine (C=N–C) groups is 1. The summed E-state index contributed by atoms with van der Waals surface area (Å²) < 4.78 is 28.1. The first-order valence-electron chi connectivity index (χ1n) is 14.2. The van der Waals surface area contributed by atoms with E-state index in [0.29, 0.717) is 28.7 Å². The third-order valence-corrected chi connectivity index (χ3v) is 9.60. The van der Waals surface area contributed by atoms with Crippen LogP contribution in [0.25, 0.3) is 10.9 Å². The van der Waals surface area contributed by atoms with E-state index in [9.17, 15) is 13.5 Å².